The average molecular weight is 314 g/mol. The van der Waals surface area contributed by atoms with Gasteiger partial charge in [-0.3, -0.25) is 0 Å². The molecular formula is C14H20BrNO2. The molecule has 18 heavy (non-hydrogen) atoms. The molecule has 1 saturated carbocycles. The number of halogens is 1. The van der Waals surface area contributed by atoms with Gasteiger partial charge in [-0.1, -0.05) is 13.0 Å². The number of methoxy groups -OCH3 is 2. The van der Waals surface area contributed by atoms with Crippen molar-refractivity contribution in [2.45, 2.75) is 37.6 Å². The van der Waals surface area contributed by atoms with Gasteiger partial charge in [-0.05, 0) is 46.7 Å². The third-order valence-corrected chi connectivity index (χ3v) is 4.67. The number of hydrogen-bond donors (Lipinski definition) is 1. The second kappa shape index (κ2) is 5.10. The number of hydrogen-bond acceptors (Lipinski definition) is 3. The van der Waals surface area contributed by atoms with Crippen molar-refractivity contribution >= 4 is 15.9 Å². The maximum atomic E-state index is 6.06. The second-order valence-corrected chi connectivity index (χ2v) is 6.02. The summed E-state index contributed by atoms with van der Waals surface area (Å²) in [6.45, 7) is 2.26. The first-order valence-corrected chi connectivity index (χ1v) is 6.97. The van der Waals surface area contributed by atoms with E-state index in [2.05, 4.69) is 28.9 Å². The van der Waals surface area contributed by atoms with Gasteiger partial charge in [0.15, 0.2) is 0 Å². The zero-order valence-electron chi connectivity index (χ0n) is 11.1. The van der Waals surface area contributed by atoms with Crippen LogP contribution in [0.25, 0.3) is 0 Å². The molecule has 0 spiro atoms. The van der Waals surface area contributed by atoms with Crippen LogP contribution in [0, 0.1) is 0 Å². The van der Waals surface area contributed by atoms with Crippen LogP contribution in [0.3, 0.4) is 0 Å². The van der Waals surface area contributed by atoms with E-state index in [1.165, 1.54) is 5.56 Å². The van der Waals surface area contributed by atoms with Crippen molar-refractivity contribution in [3.8, 4) is 11.5 Å². The van der Waals surface area contributed by atoms with Crippen molar-refractivity contribution in [2.75, 3.05) is 14.2 Å². The van der Waals surface area contributed by atoms with Gasteiger partial charge in [-0.15, -0.1) is 0 Å². The summed E-state index contributed by atoms with van der Waals surface area (Å²) >= 11 is 3.56. The van der Waals surface area contributed by atoms with Crippen molar-refractivity contribution in [3.63, 3.8) is 0 Å². The van der Waals surface area contributed by atoms with E-state index in [0.717, 1.165) is 35.2 Å². The zero-order valence-corrected chi connectivity index (χ0v) is 12.7. The minimum Gasteiger partial charge on any atom is -0.495 e. The zero-order chi connectivity index (χ0) is 13.3. The van der Waals surface area contributed by atoms with E-state index in [-0.39, 0.29) is 5.41 Å². The Kier molecular flexibility index (Phi) is 3.87. The lowest BCUT2D eigenvalue weighted by Crippen LogP contribution is -2.23. The summed E-state index contributed by atoms with van der Waals surface area (Å²) in [6, 6.07) is 4.37. The average Bonchev–Trinajstić information content (AvgIpc) is 2.70. The van der Waals surface area contributed by atoms with Crippen LogP contribution >= 0.6 is 15.9 Å². The molecule has 2 rings (SSSR count). The van der Waals surface area contributed by atoms with Crippen molar-refractivity contribution in [3.05, 3.63) is 22.2 Å². The van der Waals surface area contributed by atoms with E-state index < -0.39 is 0 Å². The van der Waals surface area contributed by atoms with Crippen LogP contribution in [0.1, 0.15) is 31.7 Å². The molecule has 2 unspecified atom stereocenters. The maximum absolute atomic E-state index is 6.06. The molecule has 0 aliphatic heterocycles. The number of nitrogens with two attached hydrogens (primary N) is 1. The van der Waals surface area contributed by atoms with Crippen LogP contribution in [-0.2, 0) is 5.41 Å². The van der Waals surface area contributed by atoms with Gasteiger partial charge in [0.25, 0.3) is 0 Å². The predicted molar refractivity (Wildman–Crippen MR) is 76.4 cm³/mol. The third kappa shape index (κ3) is 2.24. The Morgan fingerprint density at radius 2 is 2.06 bits per heavy atom. The highest BCUT2D eigenvalue weighted by atomic mass is 79.9. The third-order valence-electron chi connectivity index (χ3n) is 3.92. The highest BCUT2D eigenvalue weighted by Gasteiger charge is 2.37. The number of ether oxygens (including phenoxy) is 2. The number of benzene rings is 1. The van der Waals surface area contributed by atoms with Gasteiger partial charge < -0.3 is 15.2 Å². The van der Waals surface area contributed by atoms with Gasteiger partial charge in [-0.25, -0.2) is 0 Å². The van der Waals surface area contributed by atoms with Crippen LogP contribution in [0.4, 0.5) is 0 Å². The second-order valence-electron chi connectivity index (χ2n) is 5.23. The molecular weight excluding hydrogens is 294 g/mol. The van der Waals surface area contributed by atoms with E-state index in [4.69, 9.17) is 15.2 Å². The minimum atomic E-state index is 0.0968. The largest absolute Gasteiger partial charge is 0.495 e. The lowest BCUT2D eigenvalue weighted by atomic mass is 9.80. The van der Waals surface area contributed by atoms with Crippen molar-refractivity contribution in [2.24, 2.45) is 5.73 Å². The first-order valence-electron chi connectivity index (χ1n) is 6.18. The molecule has 1 aromatic rings. The molecule has 0 radical (unpaired) electrons. The maximum Gasteiger partial charge on any atom is 0.140 e. The van der Waals surface area contributed by atoms with Crippen molar-refractivity contribution < 1.29 is 9.47 Å². The van der Waals surface area contributed by atoms with Crippen LogP contribution in [0.5, 0.6) is 11.5 Å². The summed E-state index contributed by atoms with van der Waals surface area (Å²) in [4.78, 5) is 0. The summed E-state index contributed by atoms with van der Waals surface area (Å²) in [5.74, 6) is 1.66. The van der Waals surface area contributed by atoms with Crippen molar-refractivity contribution in [1.29, 1.82) is 0 Å². The summed E-state index contributed by atoms with van der Waals surface area (Å²) in [5.41, 5.74) is 7.37. The Bertz CT molecular complexity index is 450. The summed E-state index contributed by atoms with van der Waals surface area (Å²) in [5, 5.41) is 0. The molecule has 0 saturated heterocycles. The molecule has 0 aromatic heterocycles. The van der Waals surface area contributed by atoms with Gasteiger partial charge in [0.05, 0.1) is 14.2 Å². The molecule has 1 aliphatic rings. The van der Waals surface area contributed by atoms with E-state index in [1.807, 2.05) is 6.07 Å². The molecule has 4 heteroatoms. The summed E-state index contributed by atoms with van der Waals surface area (Å²) in [7, 11) is 3.35. The smallest absolute Gasteiger partial charge is 0.140 e. The molecule has 1 fully saturated rings. The highest BCUT2D eigenvalue weighted by Crippen LogP contribution is 2.48. The molecule has 2 N–H and O–H groups in total. The molecule has 0 heterocycles. The highest BCUT2D eigenvalue weighted by molar-refractivity contribution is 9.10. The minimum absolute atomic E-state index is 0.0968. The van der Waals surface area contributed by atoms with Gasteiger partial charge in [0.1, 0.15) is 16.0 Å². The van der Waals surface area contributed by atoms with Gasteiger partial charge in [0.2, 0.25) is 0 Å². The molecule has 2 atom stereocenters. The molecule has 1 aliphatic carbocycles. The molecule has 100 valence electrons. The summed E-state index contributed by atoms with van der Waals surface area (Å²) in [6.07, 6.45) is 3.18. The SMILES string of the molecule is COc1ccc(C2(C)CCC(N)C2)c(OC)c1Br. The Labute approximate surface area is 117 Å². The lowest BCUT2D eigenvalue weighted by Gasteiger charge is -2.27. The Hall–Kier alpha value is -0.740. The van der Waals surface area contributed by atoms with Crippen LogP contribution in [0.2, 0.25) is 0 Å². The Morgan fingerprint density at radius 3 is 2.56 bits per heavy atom. The normalized spacial score (nSPS) is 27.3. The van der Waals surface area contributed by atoms with Crippen molar-refractivity contribution in [1.82, 2.24) is 0 Å². The molecule has 0 bridgehead atoms. The molecule has 0 amide bonds. The van der Waals surface area contributed by atoms with E-state index >= 15 is 0 Å². The summed E-state index contributed by atoms with van der Waals surface area (Å²) < 4.78 is 11.8. The first-order chi connectivity index (χ1) is 8.51. The first kappa shape index (κ1) is 13.7. The number of rotatable bonds is 3. The van der Waals surface area contributed by atoms with Gasteiger partial charge in [0, 0.05) is 11.6 Å². The standard InChI is InChI=1S/C14H20BrNO2/c1-14(7-6-9(16)8-14)10-4-5-11(17-2)12(15)13(10)18-3/h4-5,9H,6-8,16H2,1-3H3. The van der Waals surface area contributed by atoms with Crippen LogP contribution in [-0.4, -0.2) is 20.3 Å². The van der Waals surface area contributed by atoms with Gasteiger partial charge in [-0.2, -0.15) is 0 Å². The quantitative estimate of drug-likeness (QED) is 0.931. The van der Waals surface area contributed by atoms with E-state index in [1.54, 1.807) is 14.2 Å². The molecule has 3 nitrogen and oxygen atoms in total. The Morgan fingerprint density at radius 1 is 1.33 bits per heavy atom. The topological polar surface area (TPSA) is 44.5 Å². The monoisotopic (exact) mass is 313 g/mol. The fourth-order valence-corrected chi connectivity index (χ4v) is 3.57. The van der Waals surface area contributed by atoms with Gasteiger partial charge >= 0.3 is 0 Å². The lowest BCUT2D eigenvalue weighted by molar-refractivity contribution is 0.370. The Balaban J connectivity index is 2.48. The van der Waals surface area contributed by atoms with Crippen LogP contribution in [0.15, 0.2) is 16.6 Å². The van der Waals surface area contributed by atoms with E-state index in [0.29, 0.717) is 6.04 Å². The fraction of sp³-hybridized carbons (Fsp3) is 0.571. The van der Waals surface area contributed by atoms with E-state index in [9.17, 15) is 0 Å². The van der Waals surface area contributed by atoms with Crippen LogP contribution < -0.4 is 15.2 Å². The molecule has 1 aromatic carbocycles. The predicted octanol–water partition coefficient (Wildman–Crippen LogP) is 3.24. The fourth-order valence-electron chi connectivity index (χ4n) is 2.90.